The summed E-state index contributed by atoms with van der Waals surface area (Å²) in [6.45, 7) is 5.66. The molecule has 0 saturated carbocycles. The van der Waals surface area contributed by atoms with Crippen molar-refractivity contribution in [3.05, 3.63) is 75.5 Å². The largest absolute Gasteiger partial charge is 0.507 e. The van der Waals surface area contributed by atoms with Crippen LogP contribution in [0.5, 0.6) is 5.75 Å². The van der Waals surface area contributed by atoms with Crippen LogP contribution in [-0.2, 0) is 17.6 Å². The lowest BCUT2D eigenvalue weighted by Gasteiger charge is -2.13. The van der Waals surface area contributed by atoms with Gasteiger partial charge in [-0.2, -0.15) is 0 Å². The molecule has 2 N–H and O–H groups in total. The fourth-order valence-corrected chi connectivity index (χ4v) is 3.33. The van der Waals surface area contributed by atoms with Crippen molar-refractivity contribution in [2.24, 2.45) is 5.92 Å². The van der Waals surface area contributed by atoms with Crippen molar-refractivity contribution in [3.8, 4) is 5.75 Å². The van der Waals surface area contributed by atoms with E-state index < -0.39 is 23.4 Å². The van der Waals surface area contributed by atoms with Gasteiger partial charge in [0.05, 0.1) is 7.11 Å². The maximum absolute atomic E-state index is 12.8. The molecule has 0 saturated heterocycles. The lowest BCUT2D eigenvalue weighted by Crippen LogP contribution is -2.22. The average Bonchev–Trinajstić information content (AvgIpc) is 2.78. The Kier molecular flexibility index (Phi) is 9.25. The van der Waals surface area contributed by atoms with Gasteiger partial charge in [0.1, 0.15) is 17.1 Å². The number of benzene rings is 1. The van der Waals surface area contributed by atoms with Gasteiger partial charge in [-0.15, -0.1) is 0 Å². The molecule has 32 heavy (non-hydrogen) atoms. The highest BCUT2D eigenvalue weighted by molar-refractivity contribution is 5.99. The fraction of sp³-hybridized carbons (Fsp3) is 0.400. The highest BCUT2D eigenvalue weighted by atomic mass is 16.5. The molecule has 1 aromatic carbocycles. The summed E-state index contributed by atoms with van der Waals surface area (Å²) in [6.07, 6.45) is 5.28. The average molecular weight is 442 g/mol. The van der Waals surface area contributed by atoms with E-state index in [4.69, 9.17) is 4.42 Å². The van der Waals surface area contributed by atoms with E-state index in [1.54, 1.807) is 13.0 Å². The smallest absolute Gasteiger partial charge is 0.410 e. The summed E-state index contributed by atoms with van der Waals surface area (Å²) >= 11 is 0. The van der Waals surface area contributed by atoms with Crippen molar-refractivity contribution in [2.45, 2.75) is 52.4 Å². The predicted octanol–water partition coefficient (Wildman–Crippen LogP) is 4.72. The lowest BCUT2D eigenvalue weighted by molar-refractivity contribution is 0.0921. The minimum absolute atomic E-state index is 0.171. The molecule has 1 heterocycles. The Morgan fingerprint density at radius 1 is 1.19 bits per heavy atom. The molecule has 172 valence electrons. The van der Waals surface area contributed by atoms with E-state index in [9.17, 15) is 19.5 Å². The molecular formula is C25H31NO6. The van der Waals surface area contributed by atoms with Crippen LogP contribution in [0.15, 0.2) is 51.8 Å². The summed E-state index contributed by atoms with van der Waals surface area (Å²) in [5.74, 6) is -1.14. The molecule has 0 aliphatic carbocycles. The van der Waals surface area contributed by atoms with E-state index in [0.717, 1.165) is 12.0 Å². The number of carbonyl (C=O) groups excluding carboxylic acids is 2. The summed E-state index contributed by atoms with van der Waals surface area (Å²) in [5.41, 5.74) is 1.08. The standard InChI is InChI=1S/C25H31NO6/c1-5-18-9-11-19(12-10-18)14-17(3)23(28)22-20(27)15-21(32-24(22)29)16(2)8-6-7-13-26-25(30)31-4/h7,9-13,15-17,27H,5-6,8,14H2,1-4H3,(H,26,30)/b13-7+. The molecule has 1 aromatic heterocycles. The van der Waals surface area contributed by atoms with Gasteiger partial charge in [0.15, 0.2) is 5.78 Å². The van der Waals surface area contributed by atoms with Crippen LogP contribution >= 0.6 is 0 Å². The second kappa shape index (κ2) is 11.9. The number of Topliss-reactive ketones (excluding diaryl/α,β-unsaturated/α-hetero) is 1. The first-order valence-corrected chi connectivity index (χ1v) is 10.7. The van der Waals surface area contributed by atoms with Crippen molar-refractivity contribution in [1.29, 1.82) is 0 Å². The van der Waals surface area contributed by atoms with Crippen LogP contribution in [0.4, 0.5) is 4.79 Å². The Morgan fingerprint density at radius 2 is 1.84 bits per heavy atom. The summed E-state index contributed by atoms with van der Waals surface area (Å²) in [7, 11) is 1.28. The van der Waals surface area contributed by atoms with Gasteiger partial charge in [-0.1, -0.05) is 51.1 Å². The van der Waals surface area contributed by atoms with Crippen molar-refractivity contribution in [3.63, 3.8) is 0 Å². The van der Waals surface area contributed by atoms with Crippen LogP contribution in [-0.4, -0.2) is 24.1 Å². The lowest BCUT2D eigenvalue weighted by atomic mass is 9.92. The van der Waals surface area contributed by atoms with E-state index in [1.807, 2.05) is 31.2 Å². The number of hydrogen-bond acceptors (Lipinski definition) is 6. The van der Waals surface area contributed by atoms with Crippen LogP contribution in [0.25, 0.3) is 0 Å². The molecule has 2 atom stereocenters. The molecular weight excluding hydrogens is 410 g/mol. The Hall–Kier alpha value is -3.35. The first-order valence-electron chi connectivity index (χ1n) is 10.7. The van der Waals surface area contributed by atoms with Crippen molar-refractivity contribution in [2.75, 3.05) is 7.11 Å². The number of rotatable bonds is 10. The zero-order valence-electron chi connectivity index (χ0n) is 19.0. The minimum atomic E-state index is -0.826. The minimum Gasteiger partial charge on any atom is -0.507 e. The number of carbonyl (C=O) groups is 2. The van der Waals surface area contributed by atoms with Gasteiger partial charge < -0.3 is 14.3 Å². The summed E-state index contributed by atoms with van der Waals surface area (Å²) in [5, 5.41) is 12.8. The number of hydrogen-bond donors (Lipinski definition) is 2. The van der Waals surface area contributed by atoms with Gasteiger partial charge in [-0.3, -0.25) is 10.1 Å². The van der Waals surface area contributed by atoms with Gasteiger partial charge in [0.25, 0.3) is 0 Å². The number of alkyl carbamates (subject to hydrolysis) is 1. The first kappa shape index (κ1) is 24.9. The van der Waals surface area contributed by atoms with Gasteiger partial charge in [0.2, 0.25) is 0 Å². The van der Waals surface area contributed by atoms with Crippen LogP contribution in [0.3, 0.4) is 0 Å². The Bertz CT molecular complexity index is 1010. The van der Waals surface area contributed by atoms with Crippen LogP contribution < -0.4 is 10.9 Å². The maximum atomic E-state index is 12.8. The molecule has 1 amide bonds. The zero-order valence-corrected chi connectivity index (χ0v) is 19.0. The molecule has 7 heteroatoms. The molecule has 0 aliphatic rings. The quantitative estimate of drug-likeness (QED) is 0.517. The van der Waals surface area contributed by atoms with Crippen LogP contribution in [0, 0.1) is 5.92 Å². The second-order valence-electron chi connectivity index (χ2n) is 7.85. The monoisotopic (exact) mass is 441 g/mol. The van der Waals surface area contributed by atoms with E-state index in [-0.39, 0.29) is 17.2 Å². The van der Waals surface area contributed by atoms with Crippen molar-refractivity contribution >= 4 is 11.9 Å². The van der Waals surface area contributed by atoms with Gasteiger partial charge >= 0.3 is 11.7 Å². The molecule has 0 aliphatic heterocycles. The number of amides is 1. The number of ether oxygens (including phenoxy) is 1. The van der Waals surface area contributed by atoms with E-state index in [1.165, 1.54) is 24.9 Å². The number of nitrogens with one attached hydrogen (secondary N) is 1. The van der Waals surface area contributed by atoms with Gasteiger partial charge in [-0.05, 0) is 36.8 Å². The second-order valence-corrected chi connectivity index (χ2v) is 7.85. The van der Waals surface area contributed by atoms with Crippen molar-refractivity contribution in [1.82, 2.24) is 5.32 Å². The predicted molar refractivity (Wildman–Crippen MR) is 122 cm³/mol. The summed E-state index contributed by atoms with van der Waals surface area (Å²) < 4.78 is 9.82. The number of allylic oxidation sites excluding steroid dienone is 1. The number of ketones is 1. The zero-order chi connectivity index (χ0) is 23.7. The molecule has 0 radical (unpaired) electrons. The normalized spacial score (nSPS) is 13.0. The molecule has 2 aromatic rings. The molecule has 0 spiro atoms. The Labute approximate surface area is 188 Å². The van der Waals surface area contributed by atoms with E-state index >= 15 is 0 Å². The Morgan fingerprint density at radius 3 is 2.44 bits per heavy atom. The molecule has 2 rings (SSSR count). The third-order valence-corrected chi connectivity index (χ3v) is 5.37. The first-order chi connectivity index (χ1) is 15.3. The summed E-state index contributed by atoms with van der Waals surface area (Å²) in [4.78, 5) is 36.3. The van der Waals surface area contributed by atoms with E-state index in [0.29, 0.717) is 25.0 Å². The van der Waals surface area contributed by atoms with Crippen LogP contribution in [0.2, 0.25) is 0 Å². The van der Waals surface area contributed by atoms with Crippen LogP contribution in [0.1, 0.15) is 66.8 Å². The molecule has 0 fully saturated rings. The molecule has 0 bridgehead atoms. The number of aromatic hydroxyl groups is 1. The van der Waals surface area contributed by atoms with Gasteiger partial charge in [-0.25, -0.2) is 9.59 Å². The van der Waals surface area contributed by atoms with Crippen molar-refractivity contribution < 1.29 is 23.8 Å². The van der Waals surface area contributed by atoms with E-state index in [2.05, 4.69) is 17.0 Å². The van der Waals surface area contributed by atoms with Gasteiger partial charge in [0, 0.05) is 24.1 Å². The summed E-state index contributed by atoms with van der Waals surface area (Å²) in [6, 6.07) is 9.35. The molecule has 7 nitrogen and oxygen atoms in total. The number of methoxy groups -OCH3 is 1. The fourth-order valence-electron chi connectivity index (χ4n) is 3.33. The highest BCUT2D eigenvalue weighted by Gasteiger charge is 2.25. The highest BCUT2D eigenvalue weighted by Crippen LogP contribution is 2.26. The topological polar surface area (TPSA) is 106 Å². The third-order valence-electron chi connectivity index (χ3n) is 5.37. The number of aryl methyl sites for hydroxylation is 1. The third kappa shape index (κ3) is 6.83. The molecule has 2 unspecified atom stereocenters. The maximum Gasteiger partial charge on any atom is 0.410 e. The Balaban J connectivity index is 2.04. The SMILES string of the molecule is CCc1ccc(CC(C)C(=O)c2c(O)cc(C(C)CC/C=C/NC(=O)OC)oc2=O)cc1.